The molecule has 8 nitrogen and oxygen atoms in total. The molecule has 0 radical (unpaired) electrons. The van der Waals surface area contributed by atoms with Crippen LogP contribution in [0.4, 0.5) is 10.5 Å². The monoisotopic (exact) mass is 376 g/mol. The fourth-order valence-electron chi connectivity index (χ4n) is 2.82. The number of aliphatic hydroxyl groups excluding tert-OH is 1. The van der Waals surface area contributed by atoms with E-state index in [-0.39, 0.29) is 24.1 Å². The lowest BCUT2D eigenvalue weighted by atomic mass is 9.92. The lowest BCUT2D eigenvalue weighted by molar-refractivity contribution is 0.237. The van der Waals surface area contributed by atoms with Gasteiger partial charge in [0.2, 0.25) is 0 Å². The molecule has 1 aromatic rings. The van der Waals surface area contributed by atoms with Crippen LogP contribution in [0.2, 0.25) is 0 Å². The predicted molar refractivity (Wildman–Crippen MR) is 107 cm³/mol. The molecule has 0 bridgehead atoms. The van der Waals surface area contributed by atoms with Gasteiger partial charge >= 0.3 is 6.03 Å². The zero-order valence-corrected chi connectivity index (χ0v) is 16.5. The fraction of sp³-hybridized carbons (Fsp3) is 0.632. The molecule has 1 aromatic heterocycles. The maximum Gasteiger partial charge on any atom is 0.320 e. The number of hydrogen-bond donors (Lipinski definition) is 4. The molecule has 1 aliphatic rings. The van der Waals surface area contributed by atoms with Gasteiger partial charge in [-0.25, -0.2) is 9.79 Å². The highest BCUT2D eigenvalue weighted by Gasteiger charge is 2.18. The Kier molecular flexibility index (Phi) is 7.41. The van der Waals surface area contributed by atoms with E-state index in [1.165, 1.54) is 6.42 Å². The van der Waals surface area contributed by atoms with Crippen molar-refractivity contribution in [1.82, 2.24) is 20.4 Å². The van der Waals surface area contributed by atoms with Crippen molar-refractivity contribution < 1.29 is 9.90 Å². The summed E-state index contributed by atoms with van der Waals surface area (Å²) < 4.78 is 1.59. The number of aromatic nitrogens is 2. The number of hydrogen-bond acceptors (Lipinski definition) is 5. The maximum absolute atomic E-state index is 12.4. The van der Waals surface area contributed by atoms with Gasteiger partial charge in [-0.15, -0.1) is 0 Å². The number of urea groups is 1. The van der Waals surface area contributed by atoms with E-state index < -0.39 is 0 Å². The van der Waals surface area contributed by atoms with Gasteiger partial charge < -0.3 is 16.2 Å². The molecule has 0 aliphatic heterocycles. The molecule has 2 amide bonds. The number of allylic oxidation sites excluding steroid dienone is 1. The fourth-order valence-corrected chi connectivity index (χ4v) is 2.82. The number of carbonyl (C=O) groups is 1. The van der Waals surface area contributed by atoms with E-state index in [4.69, 9.17) is 10.8 Å². The SMILES string of the molecule is CC(C)(C)C(N)=CC(=Nc1cnn(CCO)c1)NC(=O)NC1CCCCC1. The lowest BCUT2D eigenvalue weighted by Gasteiger charge is -2.23. The van der Waals surface area contributed by atoms with Crippen LogP contribution >= 0.6 is 0 Å². The molecule has 5 N–H and O–H groups in total. The Bertz CT molecular complexity index is 681. The minimum atomic E-state index is -0.277. The van der Waals surface area contributed by atoms with Gasteiger partial charge in [0, 0.05) is 23.2 Å². The molecular formula is C19H32N6O2. The Hall–Kier alpha value is -2.35. The summed E-state index contributed by atoms with van der Waals surface area (Å²) in [6.07, 6.45) is 10.5. The number of carbonyl (C=O) groups excluding carboxylic acids is 1. The van der Waals surface area contributed by atoms with E-state index >= 15 is 0 Å². The van der Waals surface area contributed by atoms with E-state index in [0.717, 1.165) is 25.7 Å². The first-order chi connectivity index (χ1) is 12.8. The first-order valence-electron chi connectivity index (χ1n) is 9.55. The highest BCUT2D eigenvalue weighted by Crippen LogP contribution is 2.21. The standard InChI is InChI=1S/C19H32N6O2/c1-19(2,3)16(20)11-17(22-15-12-21-25(13-15)9-10-26)24-18(27)23-14-7-5-4-6-8-14/h11-14,26H,4-10,20H2,1-3H3,(H2,22,23,24,27). The third-order valence-electron chi connectivity index (χ3n) is 4.54. The van der Waals surface area contributed by atoms with Gasteiger partial charge in [0.25, 0.3) is 0 Å². The average molecular weight is 377 g/mol. The van der Waals surface area contributed by atoms with Crippen molar-refractivity contribution in [2.45, 2.75) is 65.5 Å². The van der Waals surface area contributed by atoms with Crippen LogP contribution in [0.3, 0.4) is 0 Å². The Balaban J connectivity index is 2.15. The lowest BCUT2D eigenvalue weighted by Crippen LogP contribution is -2.45. The van der Waals surface area contributed by atoms with Crippen LogP contribution in [0.25, 0.3) is 0 Å². The number of aliphatic hydroxyl groups is 1. The molecule has 1 aliphatic carbocycles. The second-order valence-electron chi connectivity index (χ2n) is 7.97. The highest BCUT2D eigenvalue weighted by molar-refractivity contribution is 6.05. The summed E-state index contributed by atoms with van der Waals surface area (Å²) in [5.41, 5.74) is 7.12. The summed E-state index contributed by atoms with van der Waals surface area (Å²) in [6.45, 7) is 6.38. The van der Waals surface area contributed by atoms with E-state index in [1.807, 2.05) is 20.8 Å². The Morgan fingerprint density at radius 3 is 2.74 bits per heavy atom. The summed E-state index contributed by atoms with van der Waals surface area (Å²) in [5, 5.41) is 19.0. The summed E-state index contributed by atoms with van der Waals surface area (Å²) in [5.74, 6) is 0.360. The Labute approximate surface area is 160 Å². The molecule has 0 spiro atoms. The smallest absolute Gasteiger partial charge is 0.320 e. The number of amides is 2. The van der Waals surface area contributed by atoms with Gasteiger partial charge in [-0.1, -0.05) is 40.0 Å². The van der Waals surface area contributed by atoms with Crippen LogP contribution < -0.4 is 16.4 Å². The summed E-state index contributed by atoms with van der Waals surface area (Å²) >= 11 is 0. The molecule has 0 unspecified atom stereocenters. The molecule has 27 heavy (non-hydrogen) atoms. The molecular weight excluding hydrogens is 344 g/mol. The molecule has 0 aromatic carbocycles. The largest absolute Gasteiger partial charge is 0.401 e. The summed E-state index contributed by atoms with van der Waals surface area (Å²) in [6, 6.07) is -0.0717. The van der Waals surface area contributed by atoms with Crippen LogP contribution in [0.15, 0.2) is 29.2 Å². The zero-order chi connectivity index (χ0) is 19.9. The first kappa shape index (κ1) is 21.0. The Morgan fingerprint density at radius 2 is 2.11 bits per heavy atom. The van der Waals surface area contributed by atoms with Gasteiger partial charge in [-0.3, -0.25) is 10.00 Å². The third kappa shape index (κ3) is 7.05. The van der Waals surface area contributed by atoms with Crippen molar-refractivity contribution >= 4 is 17.6 Å². The van der Waals surface area contributed by atoms with E-state index in [9.17, 15) is 4.79 Å². The maximum atomic E-state index is 12.4. The van der Waals surface area contributed by atoms with Crippen molar-refractivity contribution in [2.24, 2.45) is 16.1 Å². The van der Waals surface area contributed by atoms with Crippen molar-refractivity contribution in [3.05, 3.63) is 24.2 Å². The number of amidine groups is 1. The topological polar surface area (TPSA) is 118 Å². The first-order valence-corrected chi connectivity index (χ1v) is 9.55. The highest BCUT2D eigenvalue weighted by atomic mass is 16.3. The van der Waals surface area contributed by atoms with Crippen LogP contribution in [-0.4, -0.2) is 39.4 Å². The van der Waals surface area contributed by atoms with Crippen molar-refractivity contribution in [1.29, 1.82) is 0 Å². The van der Waals surface area contributed by atoms with Crippen molar-refractivity contribution in [3.63, 3.8) is 0 Å². The molecule has 1 fully saturated rings. The zero-order valence-electron chi connectivity index (χ0n) is 16.5. The van der Waals surface area contributed by atoms with E-state index in [1.54, 1.807) is 23.2 Å². The molecule has 0 saturated heterocycles. The van der Waals surface area contributed by atoms with Gasteiger partial charge in [0.1, 0.15) is 11.5 Å². The molecule has 1 heterocycles. The quantitative estimate of drug-likeness (QED) is 0.466. The molecule has 150 valence electrons. The van der Waals surface area contributed by atoms with Crippen LogP contribution in [0.5, 0.6) is 0 Å². The normalized spacial score (nSPS) is 17.0. The molecule has 2 rings (SSSR count). The predicted octanol–water partition coefficient (Wildman–Crippen LogP) is 2.43. The average Bonchev–Trinajstić information content (AvgIpc) is 3.02. The number of nitrogens with zero attached hydrogens (tertiary/aromatic N) is 3. The number of aliphatic imine (C=N–C) groups is 1. The van der Waals surface area contributed by atoms with Gasteiger partial charge in [-0.05, 0) is 12.8 Å². The van der Waals surface area contributed by atoms with Crippen molar-refractivity contribution in [2.75, 3.05) is 6.61 Å². The Morgan fingerprint density at radius 1 is 1.41 bits per heavy atom. The van der Waals surface area contributed by atoms with E-state index in [0.29, 0.717) is 23.8 Å². The second kappa shape index (κ2) is 9.55. The minimum absolute atomic E-state index is 0.00336. The van der Waals surface area contributed by atoms with Crippen molar-refractivity contribution in [3.8, 4) is 0 Å². The number of rotatable bonds is 5. The van der Waals surface area contributed by atoms with Crippen LogP contribution in [0.1, 0.15) is 52.9 Å². The summed E-state index contributed by atoms with van der Waals surface area (Å²) in [7, 11) is 0. The van der Waals surface area contributed by atoms with Crippen LogP contribution in [-0.2, 0) is 6.54 Å². The number of nitrogens with one attached hydrogen (secondary N) is 2. The minimum Gasteiger partial charge on any atom is -0.401 e. The molecule has 8 heteroatoms. The van der Waals surface area contributed by atoms with E-state index in [2.05, 4.69) is 20.7 Å². The molecule has 1 saturated carbocycles. The number of nitrogens with two attached hydrogens (primary N) is 1. The van der Waals surface area contributed by atoms with Gasteiger partial charge in [0.05, 0.1) is 25.5 Å². The molecule has 0 atom stereocenters. The van der Waals surface area contributed by atoms with Crippen LogP contribution in [0, 0.1) is 5.41 Å². The second-order valence-corrected chi connectivity index (χ2v) is 7.97. The third-order valence-corrected chi connectivity index (χ3v) is 4.54. The summed E-state index contributed by atoms with van der Waals surface area (Å²) in [4.78, 5) is 16.9. The van der Waals surface area contributed by atoms with Gasteiger partial charge in [0.15, 0.2) is 0 Å². The van der Waals surface area contributed by atoms with Gasteiger partial charge in [-0.2, -0.15) is 5.10 Å².